The molecule has 0 aromatic heterocycles. The molecule has 2 rings (SSSR count). The van der Waals surface area contributed by atoms with Crippen molar-refractivity contribution >= 4 is 23.2 Å². The molecule has 7 heteroatoms. The van der Waals surface area contributed by atoms with Gasteiger partial charge in [-0.1, -0.05) is 11.6 Å². The lowest BCUT2D eigenvalue weighted by atomic mass is 10.0. The van der Waals surface area contributed by atoms with E-state index in [9.17, 15) is 14.9 Å². The first-order valence-electron chi connectivity index (χ1n) is 6.80. The lowest BCUT2D eigenvalue weighted by Gasteiger charge is -2.36. The summed E-state index contributed by atoms with van der Waals surface area (Å²) in [6.45, 7) is 1.20. The van der Waals surface area contributed by atoms with Crippen LogP contribution in [0.3, 0.4) is 0 Å². The van der Waals surface area contributed by atoms with Crippen LogP contribution in [0.4, 0.5) is 5.69 Å². The van der Waals surface area contributed by atoms with Crippen LogP contribution in [0.15, 0.2) is 18.2 Å². The van der Waals surface area contributed by atoms with E-state index in [2.05, 4.69) is 4.90 Å². The van der Waals surface area contributed by atoms with E-state index >= 15 is 0 Å². The van der Waals surface area contributed by atoms with Crippen LogP contribution in [0, 0.1) is 10.1 Å². The van der Waals surface area contributed by atoms with E-state index in [0.717, 1.165) is 12.8 Å². The summed E-state index contributed by atoms with van der Waals surface area (Å²) in [6.07, 6.45) is 1.91. The highest BCUT2D eigenvalue weighted by Gasteiger charge is 2.29. The maximum absolute atomic E-state index is 12.6. The zero-order valence-corrected chi connectivity index (χ0v) is 12.8. The Morgan fingerprint density at radius 2 is 2.19 bits per heavy atom. The van der Waals surface area contributed by atoms with Gasteiger partial charge in [0.1, 0.15) is 5.56 Å². The Bertz CT molecular complexity index is 562. The molecule has 1 unspecified atom stereocenters. The van der Waals surface area contributed by atoms with Crippen LogP contribution in [-0.2, 0) is 0 Å². The maximum Gasteiger partial charge on any atom is 0.282 e. The summed E-state index contributed by atoms with van der Waals surface area (Å²) in [7, 11) is 3.95. The molecule has 1 aliphatic heterocycles. The Labute approximate surface area is 128 Å². The molecule has 1 fully saturated rings. The Hall–Kier alpha value is -1.66. The van der Waals surface area contributed by atoms with Crippen LogP contribution < -0.4 is 0 Å². The molecular weight excluding hydrogens is 294 g/mol. The number of halogens is 1. The molecule has 1 aromatic carbocycles. The number of hydrogen-bond donors (Lipinski definition) is 0. The van der Waals surface area contributed by atoms with E-state index < -0.39 is 4.92 Å². The number of carbonyl (C=O) groups is 1. The standard InChI is InChI=1S/C14H18ClN3O3/c1-16(2)11-4-3-7-17(9-11)14(19)12-8-10(15)5-6-13(12)18(20)21/h5-6,8,11H,3-4,7,9H2,1-2H3. The van der Waals surface area contributed by atoms with Crippen molar-refractivity contribution in [3.63, 3.8) is 0 Å². The second-order valence-corrected chi connectivity index (χ2v) is 5.87. The zero-order valence-electron chi connectivity index (χ0n) is 12.1. The SMILES string of the molecule is CN(C)C1CCCN(C(=O)c2cc(Cl)ccc2[N+](=O)[O-])C1. The highest BCUT2D eigenvalue weighted by molar-refractivity contribution is 6.31. The molecule has 1 heterocycles. The third-order valence-corrected chi connectivity index (χ3v) is 4.03. The highest BCUT2D eigenvalue weighted by Crippen LogP contribution is 2.25. The van der Waals surface area contributed by atoms with Gasteiger partial charge in [0.05, 0.1) is 4.92 Å². The van der Waals surface area contributed by atoms with Crippen LogP contribution in [0.25, 0.3) is 0 Å². The topological polar surface area (TPSA) is 66.7 Å². The van der Waals surface area contributed by atoms with Crippen molar-refractivity contribution in [2.45, 2.75) is 18.9 Å². The number of likely N-dealkylation sites (tertiary alicyclic amines) is 1. The number of piperidine rings is 1. The summed E-state index contributed by atoms with van der Waals surface area (Å²) < 4.78 is 0. The fraction of sp³-hybridized carbons (Fsp3) is 0.500. The van der Waals surface area contributed by atoms with Crippen LogP contribution >= 0.6 is 11.6 Å². The predicted molar refractivity (Wildman–Crippen MR) is 80.7 cm³/mol. The van der Waals surface area contributed by atoms with Gasteiger partial charge in [-0.25, -0.2) is 0 Å². The molecule has 21 heavy (non-hydrogen) atoms. The molecule has 1 amide bonds. The Kier molecular flexibility index (Phi) is 4.80. The number of hydrogen-bond acceptors (Lipinski definition) is 4. The lowest BCUT2D eigenvalue weighted by Crippen LogP contribution is -2.47. The average molecular weight is 312 g/mol. The Balaban J connectivity index is 2.27. The minimum absolute atomic E-state index is 0.0620. The van der Waals surface area contributed by atoms with Gasteiger partial charge in [0.25, 0.3) is 11.6 Å². The number of nitro groups is 1. The van der Waals surface area contributed by atoms with Gasteiger partial charge in [-0.15, -0.1) is 0 Å². The van der Waals surface area contributed by atoms with Gasteiger partial charge in [0, 0.05) is 30.2 Å². The summed E-state index contributed by atoms with van der Waals surface area (Å²) >= 11 is 5.88. The monoisotopic (exact) mass is 311 g/mol. The van der Waals surface area contributed by atoms with E-state index in [4.69, 9.17) is 11.6 Å². The molecule has 0 bridgehead atoms. The largest absolute Gasteiger partial charge is 0.337 e. The van der Waals surface area contributed by atoms with Crippen molar-refractivity contribution in [2.75, 3.05) is 27.2 Å². The zero-order chi connectivity index (χ0) is 15.6. The molecule has 1 aromatic rings. The lowest BCUT2D eigenvalue weighted by molar-refractivity contribution is -0.385. The summed E-state index contributed by atoms with van der Waals surface area (Å²) in [5.41, 5.74) is -0.136. The summed E-state index contributed by atoms with van der Waals surface area (Å²) in [6, 6.07) is 4.36. The van der Waals surface area contributed by atoms with Crippen molar-refractivity contribution < 1.29 is 9.72 Å². The average Bonchev–Trinajstić information content (AvgIpc) is 2.46. The number of amides is 1. The van der Waals surface area contributed by atoms with Crippen molar-refractivity contribution in [3.05, 3.63) is 38.9 Å². The number of rotatable bonds is 3. The van der Waals surface area contributed by atoms with Gasteiger partial charge in [-0.3, -0.25) is 14.9 Å². The minimum Gasteiger partial charge on any atom is -0.337 e. The van der Waals surface area contributed by atoms with E-state index in [0.29, 0.717) is 18.1 Å². The number of nitro benzene ring substituents is 1. The van der Waals surface area contributed by atoms with Gasteiger partial charge in [0.15, 0.2) is 0 Å². The number of likely N-dealkylation sites (N-methyl/N-ethyl adjacent to an activating group) is 1. The molecule has 0 N–H and O–H groups in total. The molecular formula is C14H18ClN3O3. The first kappa shape index (κ1) is 15.7. The van der Waals surface area contributed by atoms with E-state index in [-0.39, 0.29) is 23.2 Å². The minimum atomic E-state index is -0.545. The number of nitrogens with zero attached hydrogens (tertiary/aromatic N) is 3. The van der Waals surface area contributed by atoms with Crippen LogP contribution in [-0.4, -0.2) is 53.9 Å². The van der Waals surface area contributed by atoms with E-state index in [1.165, 1.54) is 18.2 Å². The Morgan fingerprint density at radius 1 is 1.48 bits per heavy atom. The Morgan fingerprint density at radius 3 is 2.81 bits per heavy atom. The molecule has 114 valence electrons. The van der Waals surface area contributed by atoms with Crippen LogP contribution in [0.2, 0.25) is 5.02 Å². The van der Waals surface area contributed by atoms with E-state index in [1.54, 1.807) is 4.90 Å². The maximum atomic E-state index is 12.6. The predicted octanol–water partition coefficient (Wildman–Crippen LogP) is 2.41. The molecule has 0 radical (unpaired) electrons. The molecule has 0 aliphatic carbocycles. The summed E-state index contributed by atoms with van der Waals surface area (Å²) in [5, 5.41) is 11.4. The first-order chi connectivity index (χ1) is 9.90. The third-order valence-electron chi connectivity index (χ3n) is 3.80. The molecule has 0 spiro atoms. The van der Waals surface area contributed by atoms with Crippen LogP contribution in [0.1, 0.15) is 23.2 Å². The smallest absolute Gasteiger partial charge is 0.282 e. The van der Waals surface area contributed by atoms with Gasteiger partial charge >= 0.3 is 0 Å². The fourth-order valence-electron chi connectivity index (χ4n) is 2.57. The van der Waals surface area contributed by atoms with Gasteiger partial charge in [0.2, 0.25) is 0 Å². The summed E-state index contributed by atoms with van der Waals surface area (Å²) in [5.74, 6) is -0.323. The number of carbonyl (C=O) groups excluding carboxylic acids is 1. The fourth-order valence-corrected chi connectivity index (χ4v) is 2.74. The molecule has 1 saturated heterocycles. The third kappa shape index (κ3) is 3.51. The van der Waals surface area contributed by atoms with Crippen molar-refractivity contribution in [2.24, 2.45) is 0 Å². The first-order valence-corrected chi connectivity index (χ1v) is 7.17. The second kappa shape index (κ2) is 6.41. The van der Waals surface area contributed by atoms with Gasteiger partial charge in [-0.2, -0.15) is 0 Å². The quantitative estimate of drug-likeness (QED) is 0.635. The van der Waals surface area contributed by atoms with Crippen molar-refractivity contribution in [1.29, 1.82) is 0 Å². The van der Waals surface area contributed by atoms with Crippen LogP contribution in [0.5, 0.6) is 0 Å². The normalized spacial score (nSPS) is 18.9. The molecule has 1 aliphatic rings. The van der Waals surface area contributed by atoms with Gasteiger partial charge < -0.3 is 9.80 Å². The van der Waals surface area contributed by atoms with Gasteiger partial charge in [-0.05, 0) is 39.1 Å². The molecule has 0 saturated carbocycles. The highest BCUT2D eigenvalue weighted by atomic mass is 35.5. The second-order valence-electron chi connectivity index (χ2n) is 5.43. The van der Waals surface area contributed by atoms with Crippen molar-refractivity contribution in [3.8, 4) is 0 Å². The van der Waals surface area contributed by atoms with Crippen molar-refractivity contribution in [1.82, 2.24) is 9.80 Å². The van der Waals surface area contributed by atoms with E-state index in [1.807, 2.05) is 14.1 Å². The summed E-state index contributed by atoms with van der Waals surface area (Å²) in [4.78, 5) is 26.9. The molecule has 1 atom stereocenters. The number of benzene rings is 1. The molecule has 6 nitrogen and oxygen atoms in total.